The molecule has 0 unspecified atom stereocenters. The summed E-state index contributed by atoms with van der Waals surface area (Å²) in [4.78, 5) is 21.0. The lowest BCUT2D eigenvalue weighted by Crippen LogP contribution is -2.01. The molecule has 63 heavy (non-hydrogen) atoms. The van der Waals surface area contributed by atoms with Crippen LogP contribution in [0.3, 0.4) is 0 Å². The van der Waals surface area contributed by atoms with Crippen molar-refractivity contribution in [3.63, 3.8) is 0 Å². The summed E-state index contributed by atoms with van der Waals surface area (Å²) < 4.78 is 6.26. The summed E-state index contributed by atoms with van der Waals surface area (Å²) in [6.45, 7) is 0. The lowest BCUT2D eigenvalue weighted by atomic mass is 9.93. The Bertz CT molecular complexity index is 3660. The lowest BCUT2D eigenvalue weighted by molar-refractivity contribution is 0.669. The number of para-hydroxylation sites is 1. The van der Waals surface area contributed by atoms with Gasteiger partial charge in [-0.25, -0.2) is 19.9 Å². The molecule has 294 valence electrons. The molecule has 0 radical (unpaired) electrons. The molecule has 0 spiro atoms. The van der Waals surface area contributed by atoms with Crippen LogP contribution in [0, 0.1) is 0 Å². The van der Waals surface area contributed by atoms with Gasteiger partial charge in [-0.05, 0) is 92.7 Å². The van der Waals surface area contributed by atoms with Gasteiger partial charge in [-0.3, -0.25) is 0 Å². The van der Waals surface area contributed by atoms with Gasteiger partial charge in [-0.15, -0.1) is 0 Å². The number of hydrogen-bond acceptors (Lipinski definition) is 5. The zero-order chi connectivity index (χ0) is 41.7. The molecule has 0 aliphatic carbocycles. The molecule has 0 aliphatic rings. The second-order valence-corrected chi connectivity index (χ2v) is 15.8. The third kappa shape index (κ3) is 6.69. The molecule has 5 nitrogen and oxygen atoms in total. The van der Waals surface area contributed by atoms with Gasteiger partial charge in [0, 0.05) is 38.4 Å². The number of rotatable bonds is 7. The van der Waals surface area contributed by atoms with Crippen LogP contribution in [0.15, 0.2) is 223 Å². The molecule has 0 fully saturated rings. The van der Waals surface area contributed by atoms with Gasteiger partial charge in [0.15, 0.2) is 17.5 Å². The van der Waals surface area contributed by atoms with Crippen molar-refractivity contribution in [2.75, 3.05) is 0 Å². The molecular formula is C58H36N4O. The molecule has 5 heteroatoms. The minimum Gasteiger partial charge on any atom is -0.456 e. The molecule has 0 amide bonds. The highest BCUT2D eigenvalue weighted by Gasteiger charge is 2.19. The van der Waals surface area contributed by atoms with Crippen LogP contribution in [0.25, 0.3) is 122 Å². The van der Waals surface area contributed by atoms with Gasteiger partial charge in [-0.2, -0.15) is 0 Å². The monoisotopic (exact) mass is 804 g/mol. The van der Waals surface area contributed by atoms with Gasteiger partial charge in [0.25, 0.3) is 0 Å². The molecular weight excluding hydrogens is 769 g/mol. The maximum absolute atomic E-state index is 6.26. The summed E-state index contributed by atoms with van der Waals surface area (Å²) in [5.74, 6) is 1.76. The van der Waals surface area contributed by atoms with E-state index in [1.54, 1.807) is 0 Å². The lowest BCUT2D eigenvalue weighted by Gasteiger charge is -2.15. The fourth-order valence-corrected chi connectivity index (χ4v) is 8.77. The highest BCUT2D eigenvalue weighted by Crippen LogP contribution is 2.40. The molecule has 0 N–H and O–H groups in total. The number of aromatic nitrogens is 4. The van der Waals surface area contributed by atoms with Crippen LogP contribution in [-0.4, -0.2) is 19.9 Å². The van der Waals surface area contributed by atoms with Crippen LogP contribution < -0.4 is 0 Å². The normalized spacial score (nSPS) is 11.5. The van der Waals surface area contributed by atoms with Crippen molar-refractivity contribution >= 4 is 43.6 Å². The average Bonchev–Trinajstić information content (AvgIpc) is 3.74. The summed E-state index contributed by atoms with van der Waals surface area (Å²) in [7, 11) is 0. The second kappa shape index (κ2) is 15.2. The third-order valence-electron chi connectivity index (χ3n) is 11.9. The van der Waals surface area contributed by atoms with Crippen LogP contribution >= 0.6 is 0 Å². The SMILES string of the molecule is c1ccc(-c2ccc(-c3nc(-c4ccccc4)nc(-c4cc(-c5ccc6oc7ccccc7c6c5)cc(-c5cc(-c6ccccc6)c6c(ccc7ccccc76)n5)c4)n3)cc2)cc1. The van der Waals surface area contributed by atoms with Crippen LogP contribution in [0.2, 0.25) is 0 Å². The van der Waals surface area contributed by atoms with E-state index in [0.717, 1.165) is 94.2 Å². The summed E-state index contributed by atoms with van der Waals surface area (Å²) in [5.41, 5.74) is 13.7. The molecule has 3 aromatic heterocycles. The molecule has 0 atom stereocenters. The van der Waals surface area contributed by atoms with E-state index in [-0.39, 0.29) is 0 Å². The number of nitrogens with zero attached hydrogens (tertiary/aromatic N) is 4. The van der Waals surface area contributed by atoms with Crippen molar-refractivity contribution in [3.05, 3.63) is 218 Å². The Morgan fingerprint density at radius 2 is 0.810 bits per heavy atom. The molecule has 0 saturated carbocycles. The van der Waals surface area contributed by atoms with Crippen molar-refractivity contribution in [1.82, 2.24) is 19.9 Å². The Hall–Kier alpha value is -8.54. The van der Waals surface area contributed by atoms with Gasteiger partial charge >= 0.3 is 0 Å². The van der Waals surface area contributed by atoms with Crippen molar-refractivity contribution in [3.8, 4) is 78.8 Å². The third-order valence-corrected chi connectivity index (χ3v) is 11.9. The maximum atomic E-state index is 6.26. The Morgan fingerprint density at radius 3 is 1.56 bits per heavy atom. The number of furan rings is 1. The van der Waals surface area contributed by atoms with Gasteiger partial charge in [0.1, 0.15) is 11.2 Å². The van der Waals surface area contributed by atoms with Gasteiger partial charge in [0.2, 0.25) is 0 Å². The predicted octanol–water partition coefficient (Wildman–Crippen LogP) is 15.1. The van der Waals surface area contributed by atoms with Crippen LogP contribution in [-0.2, 0) is 0 Å². The largest absolute Gasteiger partial charge is 0.456 e. The summed E-state index contributed by atoms with van der Waals surface area (Å²) >= 11 is 0. The first-order valence-electron chi connectivity index (χ1n) is 21.1. The maximum Gasteiger partial charge on any atom is 0.164 e. The second-order valence-electron chi connectivity index (χ2n) is 15.8. The zero-order valence-corrected chi connectivity index (χ0v) is 34.0. The topological polar surface area (TPSA) is 64.7 Å². The quantitative estimate of drug-likeness (QED) is 0.150. The fourth-order valence-electron chi connectivity index (χ4n) is 8.77. The summed E-state index contributed by atoms with van der Waals surface area (Å²) in [5, 5.41) is 5.62. The molecule has 0 aliphatic heterocycles. The highest BCUT2D eigenvalue weighted by atomic mass is 16.3. The van der Waals surface area contributed by atoms with Crippen LogP contribution in [0.1, 0.15) is 0 Å². The van der Waals surface area contributed by atoms with Crippen LogP contribution in [0.5, 0.6) is 0 Å². The summed E-state index contributed by atoms with van der Waals surface area (Å²) in [6.07, 6.45) is 0. The van der Waals surface area contributed by atoms with Gasteiger partial charge < -0.3 is 4.42 Å². The minimum atomic E-state index is 0.569. The van der Waals surface area contributed by atoms with Crippen molar-refractivity contribution in [2.45, 2.75) is 0 Å². The van der Waals surface area contributed by atoms with Crippen molar-refractivity contribution in [1.29, 1.82) is 0 Å². The van der Waals surface area contributed by atoms with E-state index < -0.39 is 0 Å². The Kier molecular flexibility index (Phi) is 8.75. The molecule has 0 bridgehead atoms. The smallest absolute Gasteiger partial charge is 0.164 e. The van der Waals surface area contributed by atoms with E-state index >= 15 is 0 Å². The molecule has 0 saturated heterocycles. The van der Waals surface area contributed by atoms with Gasteiger partial charge in [-0.1, -0.05) is 170 Å². The first-order valence-corrected chi connectivity index (χ1v) is 21.1. The van der Waals surface area contributed by atoms with E-state index in [1.165, 1.54) is 10.8 Å². The van der Waals surface area contributed by atoms with Gasteiger partial charge in [0.05, 0.1) is 11.2 Å². The van der Waals surface area contributed by atoms with E-state index in [2.05, 4.69) is 170 Å². The fraction of sp³-hybridized carbons (Fsp3) is 0. The number of pyridine rings is 1. The Morgan fingerprint density at radius 1 is 0.286 bits per heavy atom. The number of benzene rings is 9. The molecule has 12 rings (SSSR count). The predicted molar refractivity (Wildman–Crippen MR) is 258 cm³/mol. The Labute approximate surface area is 363 Å². The Balaban J connectivity index is 1.09. The standard InChI is InChI=1S/C58H36N4O/c1-4-14-37(15-5-1)38-24-26-42(27-25-38)57-60-56(41-19-8-3-9-20-41)61-58(62-57)46-33-44(43-29-31-54-50(35-43)48-22-12-13-23-53(48)63-54)32-45(34-46)52-36-49(39-16-6-2-7-17-39)55-47-21-11-10-18-40(47)28-30-51(55)59-52/h1-36H. The molecule has 3 heterocycles. The summed E-state index contributed by atoms with van der Waals surface area (Å²) in [6, 6.07) is 75.9. The van der Waals surface area contributed by atoms with E-state index in [9.17, 15) is 0 Å². The number of hydrogen-bond donors (Lipinski definition) is 0. The van der Waals surface area contributed by atoms with Crippen LogP contribution in [0.4, 0.5) is 0 Å². The van der Waals surface area contributed by atoms with E-state index in [1.807, 2.05) is 48.5 Å². The zero-order valence-electron chi connectivity index (χ0n) is 34.0. The first-order chi connectivity index (χ1) is 31.2. The van der Waals surface area contributed by atoms with E-state index in [4.69, 9.17) is 24.4 Å². The van der Waals surface area contributed by atoms with E-state index in [0.29, 0.717) is 17.5 Å². The van der Waals surface area contributed by atoms with Crippen molar-refractivity contribution < 1.29 is 4.42 Å². The van der Waals surface area contributed by atoms with Crippen molar-refractivity contribution in [2.24, 2.45) is 0 Å². The first kappa shape index (κ1) is 36.3. The highest BCUT2D eigenvalue weighted by molar-refractivity contribution is 6.14. The number of fused-ring (bicyclic) bond motifs is 6. The molecule has 9 aromatic carbocycles. The average molecular weight is 805 g/mol. The molecule has 12 aromatic rings. The minimum absolute atomic E-state index is 0.569.